The molecule has 0 aliphatic carbocycles. The molecule has 2 N–H and O–H groups in total. The van der Waals surface area contributed by atoms with Crippen molar-refractivity contribution in [2.75, 3.05) is 0 Å². The van der Waals surface area contributed by atoms with E-state index < -0.39 is 0 Å². The summed E-state index contributed by atoms with van der Waals surface area (Å²) in [7, 11) is 0. The number of benzene rings is 2. The molecule has 1 nitrogen and oxygen atoms in total. The molecule has 0 aliphatic rings. The molecule has 1 atom stereocenters. The highest BCUT2D eigenvalue weighted by atomic mass is 35.5. The monoisotopic (exact) mass is 273 g/mol. The van der Waals surface area contributed by atoms with Crippen LogP contribution in [0, 0.1) is 0 Å². The molecule has 2 aromatic carbocycles. The van der Waals surface area contributed by atoms with Crippen molar-refractivity contribution in [3.63, 3.8) is 0 Å². The normalized spacial score (nSPS) is 12.4. The highest BCUT2D eigenvalue weighted by Crippen LogP contribution is 2.18. The van der Waals surface area contributed by atoms with E-state index in [4.69, 9.17) is 17.3 Å². The van der Waals surface area contributed by atoms with Gasteiger partial charge in [-0.2, -0.15) is 0 Å². The molecule has 2 rings (SSSR count). The summed E-state index contributed by atoms with van der Waals surface area (Å²) < 4.78 is 0. The molecule has 0 fully saturated rings. The largest absolute Gasteiger partial charge is 0.324 e. The summed E-state index contributed by atoms with van der Waals surface area (Å²) in [6, 6.07) is 16.6. The van der Waals surface area contributed by atoms with Gasteiger partial charge in [0.15, 0.2) is 0 Å². The van der Waals surface area contributed by atoms with E-state index in [1.807, 2.05) is 24.3 Å². The first-order chi connectivity index (χ1) is 9.19. The SMILES string of the molecule is CCCc1ccc(C(N)Cc2ccc(Cl)cc2)cc1. The lowest BCUT2D eigenvalue weighted by Crippen LogP contribution is -2.13. The second-order valence-electron chi connectivity index (χ2n) is 4.93. The number of nitrogens with two attached hydrogens (primary N) is 1. The van der Waals surface area contributed by atoms with E-state index in [-0.39, 0.29) is 6.04 Å². The van der Waals surface area contributed by atoms with Crippen molar-refractivity contribution in [1.29, 1.82) is 0 Å². The fourth-order valence-corrected chi connectivity index (χ4v) is 2.34. The van der Waals surface area contributed by atoms with Crippen molar-refractivity contribution >= 4 is 11.6 Å². The average Bonchev–Trinajstić information content (AvgIpc) is 2.42. The van der Waals surface area contributed by atoms with Crippen LogP contribution in [0.1, 0.15) is 36.1 Å². The highest BCUT2D eigenvalue weighted by molar-refractivity contribution is 6.30. The van der Waals surface area contributed by atoms with Crippen molar-refractivity contribution in [2.45, 2.75) is 32.2 Å². The summed E-state index contributed by atoms with van der Waals surface area (Å²) in [6.07, 6.45) is 3.15. The molecule has 0 saturated heterocycles. The Hall–Kier alpha value is -1.31. The van der Waals surface area contributed by atoms with Crippen LogP contribution in [0.15, 0.2) is 48.5 Å². The Morgan fingerprint density at radius 2 is 1.53 bits per heavy atom. The van der Waals surface area contributed by atoms with E-state index in [1.54, 1.807) is 0 Å². The first-order valence-corrected chi connectivity index (χ1v) is 7.15. The Kier molecular flexibility index (Phi) is 5.00. The van der Waals surface area contributed by atoms with Gasteiger partial charge < -0.3 is 5.73 Å². The molecule has 0 aliphatic heterocycles. The van der Waals surface area contributed by atoms with E-state index in [0.29, 0.717) is 0 Å². The van der Waals surface area contributed by atoms with Crippen LogP contribution in [0.4, 0.5) is 0 Å². The van der Waals surface area contributed by atoms with Crippen LogP contribution in [0.25, 0.3) is 0 Å². The van der Waals surface area contributed by atoms with Gasteiger partial charge in [-0.25, -0.2) is 0 Å². The molecule has 2 aromatic rings. The average molecular weight is 274 g/mol. The summed E-state index contributed by atoms with van der Waals surface area (Å²) in [5.74, 6) is 0. The summed E-state index contributed by atoms with van der Waals surface area (Å²) >= 11 is 5.88. The number of rotatable bonds is 5. The predicted molar refractivity (Wildman–Crippen MR) is 82.5 cm³/mol. The third-order valence-electron chi connectivity index (χ3n) is 3.32. The Morgan fingerprint density at radius 3 is 2.11 bits per heavy atom. The molecule has 0 bridgehead atoms. The Bertz CT molecular complexity index is 502. The Balaban J connectivity index is 2.02. The quantitative estimate of drug-likeness (QED) is 0.851. The summed E-state index contributed by atoms with van der Waals surface area (Å²) in [5, 5.41) is 0.765. The molecule has 0 heterocycles. The zero-order valence-electron chi connectivity index (χ0n) is 11.3. The molecule has 2 heteroatoms. The standard InChI is InChI=1S/C17H20ClN/c1-2-3-13-4-8-15(9-5-13)17(19)12-14-6-10-16(18)11-7-14/h4-11,17H,2-3,12,19H2,1H3. The van der Waals surface area contributed by atoms with Gasteiger partial charge in [0.05, 0.1) is 0 Å². The van der Waals surface area contributed by atoms with Gasteiger partial charge >= 0.3 is 0 Å². The highest BCUT2D eigenvalue weighted by Gasteiger charge is 2.07. The second-order valence-corrected chi connectivity index (χ2v) is 5.37. The van der Waals surface area contributed by atoms with Gasteiger partial charge in [0, 0.05) is 11.1 Å². The first kappa shape index (κ1) is 14.1. The number of hydrogen-bond acceptors (Lipinski definition) is 1. The number of aryl methyl sites for hydroxylation is 1. The minimum atomic E-state index is 0.0388. The minimum Gasteiger partial charge on any atom is -0.324 e. The van der Waals surface area contributed by atoms with E-state index in [1.165, 1.54) is 23.1 Å². The lowest BCUT2D eigenvalue weighted by molar-refractivity contribution is 0.721. The van der Waals surface area contributed by atoms with Crippen LogP contribution in [0.2, 0.25) is 5.02 Å². The van der Waals surface area contributed by atoms with E-state index in [2.05, 4.69) is 31.2 Å². The van der Waals surface area contributed by atoms with E-state index in [9.17, 15) is 0 Å². The maximum absolute atomic E-state index is 6.26. The predicted octanol–water partition coefficient (Wildman–Crippen LogP) is 4.54. The van der Waals surface area contributed by atoms with Gasteiger partial charge in [0.25, 0.3) is 0 Å². The third kappa shape index (κ3) is 4.09. The van der Waals surface area contributed by atoms with Crippen LogP contribution in [0.5, 0.6) is 0 Å². The Morgan fingerprint density at radius 1 is 0.947 bits per heavy atom. The van der Waals surface area contributed by atoms with Gasteiger partial charge in [0.2, 0.25) is 0 Å². The topological polar surface area (TPSA) is 26.0 Å². The van der Waals surface area contributed by atoms with Crippen LogP contribution in [-0.2, 0) is 12.8 Å². The van der Waals surface area contributed by atoms with Gasteiger partial charge in [-0.3, -0.25) is 0 Å². The van der Waals surface area contributed by atoms with Crippen LogP contribution in [-0.4, -0.2) is 0 Å². The zero-order valence-corrected chi connectivity index (χ0v) is 12.0. The van der Waals surface area contributed by atoms with E-state index in [0.717, 1.165) is 17.9 Å². The summed E-state index contributed by atoms with van der Waals surface area (Å²) in [6.45, 7) is 2.19. The summed E-state index contributed by atoms with van der Waals surface area (Å²) in [4.78, 5) is 0. The molecule has 0 spiro atoms. The molecule has 1 unspecified atom stereocenters. The maximum Gasteiger partial charge on any atom is 0.0406 e. The van der Waals surface area contributed by atoms with Gasteiger partial charge in [-0.1, -0.05) is 61.3 Å². The van der Waals surface area contributed by atoms with Gasteiger partial charge in [-0.05, 0) is 41.7 Å². The fraction of sp³-hybridized carbons (Fsp3) is 0.294. The number of hydrogen-bond donors (Lipinski definition) is 1. The van der Waals surface area contributed by atoms with Crippen molar-refractivity contribution in [3.8, 4) is 0 Å². The van der Waals surface area contributed by atoms with Crippen LogP contribution < -0.4 is 5.73 Å². The van der Waals surface area contributed by atoms with Gasteiger partial charge in [-0.15, -0.1) is 0 Å². The van der Waals surface area contributed by atoms with Crippen molar-refractivity contribution in [3.05, 3.63) is 70.2 Å². The maximum atomic E-state index is 6.26. The molecule has 0 aromatic heterocycles. The van der Waals surface area contributed by atoms with E-state index >= 15 is 0 Å². The first-order valence-electron chi connectivity index (χ1n) is 6.78. The van der Waals surface area contributed by atoms with Crippen molar-refractivity contribution in [2.24, 2.45) is 5.73 Å². The summed E-state index contributed by atoms with van der Waals surface area (Å²) in [5.41, 5.74) is 10.0. The smallest absolute Gasteiger partial charge is 0.0406 e. The van der Waals surface area contributed by atoms with Crippen LogP contribution >= 0.6 is 11.6 Å². The third-order valence-corrected chi connectivity index (χ3v) is 3.57. The second kappa shape index (κ2) is 6.74. The molecule has 0 radical (unpaired) electrons. The van der Waals surface area contributed by atoms with Crippen molar-refractivity contribution in [1.82, 2.24) is 0 Å². The number of halogens is 1. The molecular weight excluding hydrogens is 254 g/mol. The minimum absolute atomic E-state index is 0.0388. The molecule has 0 amide bonds. The molecule has 19 heavy (non-hydrogen) atoms. The zero-order chi connectivity index (χ0) is 13.7. The van der Waals surface area contributed by atoms with Crippen molar-refractivity contribution < 1.29 is 0 Å². The van der Waals surface area contributed by atoms with Crippen LogP contribution in [0.3, 0.4) is 0 Å². The van der Waals surface area contributed by atoms with Gasteiger partial charge in [0.1, 0.15) is 0 Å². The lowest BCUT2D eigenvalue weighted by atomic mass is 9.98. The molecule has 0 saturated carbocycles. The molecular formula is C17H20ClN. The lowest BCUT2D eigenvalue weighted by Gasteiger charge is -2.13. The molecule has 100 valence electrons. The fourth-order valence-electron chi connectivity index (χ4n) is 2.21. The Labute approximate surface area is 120 Å².